The van der Waals surface area contributed by atoms with Gasteiger partial charge < -0.3 is 10.1 Å². The van der Waals surface area contributed by atoms with Crippen molar-refractivity contribution in [3.8, 4) is 11.8 Å². The lowest BCUT2D eigenvalue weighted by molar-refractivity contribution is -0.115. The van der Waals surface area contributed by atoms with Crippen LogP contribution < -0.4 is 10.1 Å². The van der Waals surface area contributed by atoms with E-state index in [1.807, 2.05) is 6.07 Å². The van der Waals surface area contributed by atoms with Crippen LogP contribution in [0.3, 0.4) is 0 Å². The number of hydrogen-bond donors (Lipinski definition) is 1. The summed E-state index contributed by atoms with van der Waals surface area (Å²) in [6.07, 6.45) is 0.639. The third kappa shape index (κ3) is 4.29. The van der Waals surface area contributed by atoms with Crippen molar-refractivity contribution in [1.29, 1.82) is 5.26 Å². The number of hydrogen-bond acceptors (Lipinski definition) is 3. The van der Waals surface area contributed by atoms with E-state index in [0.717, 1.165) is 11.3 Å². The number of methoxy groups -OCH3 is 1. The van der Waals surface area contributed by atoms with Gasteiger partial charge in [-0.25, -0.2) is 0 Å². The number of carbonyl (C=O) groups is 1. The van der Waals surface area contributed by atoms with Gasteiger partial charge in [0.1, 0.15) is 5.75 Å². The average Bonchev–Trinajstić information content (AvgIpc) is 2.37. The van der Waals surface area contributed by atoms with Crippen LogP contribution in [0.1, 0.15) is 31.9 Å². The molecule has 0 fully saturated rings. The Morgan fingerprint density at radius 1 is 1.42 bits per heavy atom. The standard InChI is InChI=1S/C15H20N2O2/c1-15(2,3)12-5-6-13(19-4)11(9-12)7-8-17-14(18)10-16/h5-6,9H,7-8H2,1-4H3,(H,17,18). The molecule has 0 radical (unpaired) electrons. The Hall–Kier alpha value is -2.02. The summed E-state index contributed by atoms with van der Waals surface area (Å²) in [6.45, 7) is 6.87. The molecular weight excluding hydrogens is 240 g/mol. The fraction of sp³-hybridized carbons (Fsp3) is 0.467. The maximum absolute atomic E-state index is 10.9. The van der Waals surface area contributed by atoms with Crippen molar-refractivity contribution in [2.45, 2.75) is 32.6 Å². The molecule has 1 N–H and O–H groups in total. The molecule has 0 aliphatic heterocycles. The van der Waals surface area contributed by atoms with E-state index < -0.39 is 5.91 Å². The fourth-order valence-corrected chi connectivity index (χ4v) is 1.79. The van der Waals surface area contributed by atoms with Crippen LogP contribution in [0.15, 0.2) is 18.2 Å². The van der Waals surface area contributed by atoms with Gasteiger partial charge in [0, 0.05) is 6.54 Å². The monoisotopic (exact) mass is 260 g/mol. The van der Waals surface area contributed by atoms with E-state index in [9.17, 15) is 4.79 Å². The van der Waals surface area contributed by atoms with Gasteiger partial charge in [-0.15, -0.1) is 0 Å². The quantitative estimate of drug-likeness (QED) is 0.844. The van der Waals surface area contributed by atoms with E-state index in [4.69, 9.17) is 10.00 Å². The zero-order valence-corrected chi connectivity index (χ0v) is 11.9. The molecule has 0 bridgehead atoms. The van der Waals surface area contributed by atoms with E-state index in [1.165, 1.54) is 11.6 Å². The molecule has 0 atom stereocenters. The largest absolute Gasteiger partial charge is 0.496 e. The van der Waals surface area contributed by atoms with Gasteiger partial charge in [-0.1, -0.05) is 32.9 Å². The number of nitrogens with zero attached hydrogens (tertiary/aromatic N) is 1. The Balaban J connectivity index is 2.85. The third-order valence-electron chi connectivity index (χ3n) is 2.93. The smallest absolute Gasteiger partial charge is 0.322 e. The second-order valence-corrected chi connectivity index (χ2v) is 5.39. The first-order chi connectivity index (χ1) is 8.88. The normalized spacial score (nSPS) is 10.7. The van der Waals surface area contributed by atoms with Gasteiger partial charge in [0.15, 0.2) is 6.07 Å². The average molecular weight is 260 g/mol. The summed E-state index contributed by atoms with van der Waals surface area (Å²) < 4.78 is 5.32. The van der Waals surface area contributed by atoms with Crippen LogP contribution in [0.5, 0.6) is 5.75 Å². The number of rotatable bonds is 4. The van der Waals surface area contributed by atoms with Crippen molar-refractivity contribution in [3.63, 3.8) is 0 Å². The molecule has 0 unspecified atom stereocenters. The summed E-state index contributed by atoms with van der Waals surface area (Å²) in [5.74, 6) is 0.199. The van der Waals surface area contributed by atoms with Gasteiger partial charge >= 0.3 is 5.91 Å². The number of amides is 1. The molecule has 19 heavy (non-hydrogen) atoms. The second-order valence-electron chi connectivity index (χ2n) is 5.39. The van der Waals surface area contributed by atoms with E-state index in [-0.39, 0.29) is 5.41 Å². The number of benzene rings is 1. The van der Waals surface area contributed by atoms with Gasteiger partial charge in [-0.2, -0.15) is 5.26 Å². The summed E-state index contributed by atoms with van der Waals surface area (Å²) in [7, 11) is 1.63. The topological polar surface area (TPSA) is 62.1 Å². The zero-order chi connectivity index (χ0) is 14.5. The van der Waals surface area contributed by atoms with E-state index in [0.29, 0.717) is 13.0 Å². The second kappa shape index (κ2) is 6.24. The lowest BCUT2D eigenvalue weighted by atomic mass is 9.85. The van der Waals surface area contributed by atoms with Crippen LogP contribution in [-0.4, -0.2) is 19.6 Å². The predicted octanol–water partition coefficient (Wildman–Crippen LogP) is 2.17. The highest BCUT2D eigenvalue weighted by molar-refractivity contribution is 5.91. The molecule has 1 aromatic carbocycles. The van der Waals surface area contributed by atoms with Crippen molar-refractivity contribution >= 4 is 5.91 Å². The third-order valence-corrected chi connectivity index (χ3v) is 2.93. The molecule has 0 saturated heterocycles. The number of nitrogens with one attached hydrogen (secondary N) is 1. The van der Waals surface area contributed by atoms with Crippen LogP contribution in [0.2, 0.25) is 0 Å². The van der Waals surface area contributed by atoms with Gasteiger partial charge in [0.25, 0.3) is 0 Å². The van der Waals surface area contributed by atoms with Gasteiger partial charge in [0.2, 0.25) is 0 Å². The van der Waals surface area contributed by atoms with Gasteiger partial charge in [-0.05, 0) is 29.0 Å². The first kappa shape index (κ1) is 15.0. The van der Waals surface area contributed by atoms with Gasteiger partial charge in [-0.3, -0.25) is 4.79 Å². The Morgan fingerprint density at radius 3 is 2.63 bits per heavy atom. The summed E-state index contributed by atoms with van der Waals surface area (Å²) in [4.78, 5) is 10.9. The molecule has 1 aromatic rings. The van der Waals surface area contributed by atoms with E-state index in [2.05, 4.69) is 38.2 Å². The zero-order valence-electron chi connectivity index (χ0n) is 11.9. The molecule has 102 valence electrons. The lowest BCUT2D eigenvalue weighted by Crippen LogP contribution is -2.24. The van der Waals surface area contributed by atoms with Crippen molar-refractivity contribution in [1.82, 2.24) is 5.32 Å². The minimum atomic E-state index is -0.606. The van der Waals surface area contributed by atoms with Crippen LogP contribution in [-0.2, 0) is 16.6 Å². The molecule has 0 aromatic heterocycles. The molecule has 0 aliphatic carbocycles. The van der Waals surface area contributed by atoms with Crippen LogP contribution in [0, 0.1) is 11.3 Å². The van der Waals surface area contributed by atoms with Crippen LogP contribution in [0.25, 0.3) is 0 Å². The molecule has 0 heterocycles. The maximum atomic E-state index is 10.9. The summed E-state index contributed by atoms with van der Waals surface area (Å²) in [6, 6.07) is 7.63. The lowest BCUT2D eigenvalue weighted by Gasteiger charge is -2.21. The van der Waals surface area contributed by atoms with E-state index >= 15 is 0 Å². The predicted molar refractivity (Wildman–Crippen MR) is 74.0 cm³/mol. The molecular formula is C15H20N2O2. The molecule has 4 nitrogen and oxygen atoms in total. The molecule has 4 heteroatoms. The minimum absolute atomic E-state index is 0.0664. The minimum Gasteiger partial charge on any atom is -0.496 e. The van der Waals surface area contributed by atoms with E-state index in [1.54, 1.807) is 7.11 Å². The van der Waals surface area contributed by atoms with Crippen LogP contribution >= 0.6 is 0 Å². The summed E-state index contributed by atoms with van der Waals surface area (Å²) in [5, 5.41) is 10.9. The highest BCUT2D eigenvalue weighted by Gasteiger charge is 2.15. The van der Waals surface area contributed by atoms with Crippen molar-refractivity contribution in [3.05, 3.63) is 29.3 Å². The summed E-state index contributed by atoms with van der Waals surface area (Å²) in [5.41, 5.74) is 2.32. The molecule has 1 rings (SSSR count). The molecule has 0 saturated carbocycles. The Kier molecular flexibility index (Phi) is 4.94. The maximum Gasteiger partial charge on any atom is 0.322 e. The Labute approximate surface area is 114 Å². The van der Waals surface area contributed by atoms with Crippen molar-refractivity contribution in [2.24, 2.45) is 0 Å². The summed E-state index contributed by atoms with van der Waals surface area (Å²) >= 11 is 0. The molecule has 0 spiro atoms. The van der Waals surface area contributed by atoms with Crippen molar-refractivity contribution in [2.75, 3.05) is 13.7 Å². The fourth-order valence-electron chi connectivity index (χ4n) is 1.79. The number of ether oxygens (including phenoxy) is 1. The highest BCUT2D eigenvalue weighted by Crippen LogP contribution is 2.28. The Bertz CT molecular complexity index is 496. The molecule has 1 amide bonds. The van der Waals surface area contributed by atoms with Crippen LogP contribution in [0.4, 0.5) is 0 Å². The number of nitriles is 1. The number of carbonyl (C=O) groups excluding carboxylic acids is 1. The first-order valence-corrected chi connectivity index (χ1v) is 6.24. The highest BCUT2D eigenvalue weighted by atomic mass is 16.5. The Morgan fingerprint density at radius 2 is 2.11 bits per heavy atom. The first-order valence-electron chi connectivity index (χ1n) is 6.24. The van der Waals surface area contributed by atoms with Gasteiger partial charge in [0.05, 0.1) is 7.11 Å². The SMILES string of the molecule is COc1ccc(C(C)(C)C)cc1CCNC(=O)C#N. The van der Waals surface area contributed by atoms with Crippen molar-refractivity contribution < 1.29 is 9.53 Å². The molecule has 0 aliphatic rings.